The van der Waals surface area contributed by atoms with Crippen LogP contribution in [0.15, 0.2) is 16.5 Å². The molecule has 0 amide bonds. The number of hydrogen-bond donors (Lipinski definition) is 1. The van der Waals surface area contributed by atoms with Gasteiger partial charge in [0.05, 0.1) is 11.8 Å². The summed E-state index contributed by atoms with van der Waals surface area (Å²) in [6.07, 6.45) is 4.85. The quantitative estimate of drug-likeness (QED) is 0.877. The minimum absolute atomic E-state index is 0.0410. The van der Waals surface area contributed by atoms with Crippen LogP contribution in [0.5, 0.6) is 0 Å². The second-order valence-electron chi connectivity index (χ2n) is 5.97. The molecule has 20 heavy (non-hydrogen) atoms. The molecule has 5 heteroatoms. The molecular weight excluding hydrogens is 274 g/mol. The number of sulfone groups is 1. The van der Waals surface area contributed by atoms with E-state index in [1.165, 1.54) is 0 Å². The highest BCUT2D eigenvalue weighted by molar-refractivity contribution is 7.91. The average Bonchev–Trinajstić information content (AvgIpc) is 2.84. The van der Waals surface area contributed by atoms with Gasteiger partial charge in [0.2, 0.25) is 0 Å². The monoisotopic (exact) mass is 299 g/mol. The molecule has 1 aliphatic rings. The molecular formula is C15H25NO3S. The van der Waals surface area contributed by atoms with Crippen molar-refractivity contribution >= 4 is 9.84 Å². The van der Waals surface area contributed by atoms with Gasteiger partial charge in [0.1, 0.15) is 17.3 Å². The van der Waals surface area contributed by atoms with Crippen molar-refractivity contribution < 1.29 is 12.8 Å². The van der Waals surface area contributed by atoms with Gasteiger partial charge < -0.3 is 9.73 Å². The van der Waals surface area contributed by atoms with Crippen LogP contribution in [0.25, 0.3) is 0 Å². The Bertz CT molecular complexity index is 513. The van der Waals surface area contributed by atoms with Gasteiger partial charge in [-0.1, -0.05) is 33.1 Å². The third kappa shape index (κ3) is 4.35. The van der Waals surface area contributed by atoms with E-state index in [9.17, 15) is 8.42 Å². The fourth-order valence-corrected chi connectivity index (χ4v) is 4.48. The Morgan fingerprint density at radius 3 is 2.50 bits per heavy atom. The molecule has 4 nitrogen and oxygen atoms in total. The van der Waals surface area contributed by atoms with Gasteiger partial charge in [-0.05, 0) is 25.0 Å². The number of nitrogens with one attached hydrogen (secondary N) is 1. The third-order valence-corrected chi connectivity index (χ3v) is 5.98. The van der Waals surface area contributed by atoms with Crippen LogP contribution in [0, 0.1) is 0 Å². The summed E-state index contributed by atoms with van der Waals surface area (Å²) in [6.45, 7) is 4.77. The van der Waals surface area contributed by atoms with Gasteiger partial charge in [-0.15, -0.1) is 0 Å². The zero-order valence-electron chi connectivity index (χ0n) is 12.4. The molecule has 0 spiro atoms. The fraction of sp³-hybridized carbons (Fsp3) is 0.733. The highest BCUT2D eigenvalue weighted by atomic mass is 32.2. The van der Waals surface area contributed by atoms with E-state index in [-0.39, 0.29) is 11.0 Å². The van der Waals surface area contributed by atoms with Gasteiger partial charge in [0.25, 0.3) is 0 Å². The lowest BCUT2D eigenvalue weighted by Crippen LogP contribution is -2.25. The van der Waals surface area contributed by atoms with Gasteiger partial charge in [0.15, 0.2) is 9.84 Å². The van der Waals surface area contributed by atoms with Gasteiger partial charge in [-0.3, -0.25) is 0 Å². The fourth-order valence-electron chi connectivity index (χ4n) is 2.64. The third-order valence-electron chi connectivity index (χ3n) is 3.81. The number of hydrogen-bond acceptors (Lipinski definition) is 4. The zero-order valence-corrected chi connectivity index (χ0v) is 13.2. The molecule has 1 fully saturated rings. The Hall–Kier alpha value is -0.810. The molecule has 0 bridgehead atoms. The molecule has 0 radical (unpaired) electrons. The summed E-state index contributed by atoms with van der Waals surface area (Å²) < 4.78 is 30.3. The van der Waals surface area contributed by atoms with Gasteiger partial charge in [-0.25, -0.2) is 8.42 Å². The maximum atomic E-state index is 12.4. The second-order valence-corrected chi connectivity index (χ2v) is 8.25. The van der Waals surface area contributed by atoms with Crippen molar-refractivity contribution in [2.24, 2.45) is 0 Å². The Balaban J connectivity index is 1.95. The molecule has 0 aliphatic heterocycles. The first-order valence-corrected chi connectivity index (χ1v) is 9.21. The van der Waals surface area contributed by atoms with Crippen molar-refractivity contribution in [1.82, 2.24) is 5.32 Å². The smallest absolute Gasteiger partial charge is 0.160 e. The molecule has 1 saturated carbocycles. The van der Waals surface area contributed by atoms with E-state index in [0.717, 1.165) is 37.9 Å². The summed E-state index contributed by atoms with van der Waals surface area (Å²) in [5.41, 5.74) is 0. The summed E-state index contributed by atoms with van der Waals surface area (Å²) in [7, 11) is -3.07. The first-order valence-electron chi connectivity index (χ1n) is 7.50. The molecule has 0 saturated heterocycles. The first-order chi connectivity index (χ1) is 9.47. The van der Waals surface area contributed by atoms with Crippen LogP contribution in [0.1, 0.15) is 57.5 Å². The van der Waals surface area contributed by atoms with E-state index >= 15 is 0 Å². The number of furan rings is 1. The van der Waals surface area contributed by atoms with Crippen LogP contribution in [-0.2, 0) is 22.1 Å². The van der Waals surface area contributed by atoms with Gasteiger partial charge >= 0.3 is 0 Å². The first kappa shape index (κ1) is 15.6. The molecule has 2 rings (SSSR count). The lowest BCUT2D eigenvalue weighted by Gasteiger charge is -2.21. The molecule has 1 N–H and O–H groups in total. The Morgan fingerprint density at radius 2 is 1.85 bits per heavy atom. The largest absolute Gasteiger partial charge is 0.464 e. The van der Waals surface area contributed by atoms with Crippen molar-refractivity contribution in [2.45, 2.75) is 69.5 Å². The molecule has 1 aliphatic carbocycles. The zero-order chi connectivity index (χ0) is 14.6. The summed E-state index contributed by atoms with van der Waals surface area (Å²) in [6, 6.07) is 4.04. The highest BCUT2D eigenvalue weighted by Crippen LogP contribution is 2.26. The Morgan fingerprint density at radius 1 is 1.20 bits per heavy atom. The maximum absolute atomic E-state index is 12.4. The summed E-state index contributed by atoms with van der Waals surface area (Å²) >= 11 is 0. The summed E-state index contributed by atoms with van der Waals surface area (Å²) in [5.74, 6) is 1.41. The average molecular weight is 299 g/mol. The van der Waals surface area contributed by atoms with Crippen molar-refractivity contribution in [2.75, 3.05) is 0 Å². The second kappa shape index (κ2) is 6.76. The van der Waals surface area contributed by atoms with Crippen molar-refractivity contribution in [3.63, 3.8) is 0 Å². The van der Waals surface area contributed by atoms with Crippen LogP contribution in [-0.4, -0.2) is 19.7 Å². The summed E-state index contributed by atoms with van der Waals surface area (Å²) in [5, 5.41) is 3.09. The van der Waals surface area contributed by atoms with E-state index in [1.807, 2.05) is 6.07 Å². The lowest BCUT2D eigenvalue weighted by molar-refractivity contribution is 0.439. The van der Waals surface area contributed by atoms with E-state index in [2.05, 4.69) is 19.2 Å². The van der Waals surface area contributed by atoms with Crippen molar-refractivity contribution in [3.05, 3.63) is 23.7 Å². The molecule has 0 aromatic carbocycles. The van der Waals surface area contributed by atoms with Crippen LogP contribution < -0.4 is 5.32 Å². The van der Waals surface area contributed by atoms with Crippen molar-refractivity contribution in [1.29, 1.82) is 0 Å². The van der Waals surface area contributed by atoms with Gasteiger partial charge in [0, 0.05) is 6.04 Å². The van der Waals surface area contributed by atoms with E-state index in [1.54, 1.807) is 6.07 Å². The molecule has 1 aromatic heterocycles. The molecule has 0 unspecified atom stereocenters. The van der Waals surface area contributed by atoms with E-state index in [4.69, 9.17) is 4.42 Å². The van der Waals surface area contributed by atoms with Gasteiger partial charge in [-0.2, -0.15) is 0 Å². The van der Waals surface area contributed by atoms with Crippen molar-refractivity contribution in [3.8, 4) is 0 Å². The number of rotatable bonds is 6. The van der Waals surface area contributed by atoms with Crippen LogP contribution in [0.2, 0.25) is 0 Å². The van der Waals surface area contributed by atoms with Crippen LogP contribution >= 0.6 is 0 Å². The normalized spacial score (nSPS) is 17.8. The predicted octanol–water partition coefficient (Wildman–Crippen LogP) is 3.03. The summed E-state index contributed by atoms with van der Waals surface area (Å²) in [4.78, 5) is 0. The maximum Gasteiger partial charge on any atom is 0.160 e. The predicted molar refractivity (Wildman–Crippen MR) is 80.2 cm³/mol. The standard InChI is InChI=1S/C15H25NO3S/c1-12(2)16-10-13-8-9-14(19-13)11-20(17,18)15-6-4-3-5-7-15/h8-9,12,15-16H,3-7,10-11H2,1-2H3. The topological polar surface area (TPSA) is 59.3 Å². The Labute approximate surface area is 121 Å². The molecule has 1 aromatic rings. The van der Waals surface area contributed by atoms with Crippen LogP contribution in [0.4, 0.5) is 0 Å². The van der Waals surface area contributed by atoms with E-state index in [0.29, 0.717) is 18.3 Å². The minimum Gasteiger partial charge on any atom is -0.464 e. The minimum atomic E-state index is -3.07. The molecule has 0 atom stereocenters. The highest BCUT2D eigenvalue weighted by Gasteiger charge is 2.28. The lowest BCUT2D eigenvalue weighted by atomic mass is 10.0. The molecule has 114 valence electrons. The SMILES string of the molecule is CC(C)NCc1ccc(CS(=O)(=O)C2CCCCC2)o1. The molecule has 1 heterocycles. The Kier molecular flexibility index (Phi) is 5.27. The van der Waals surface area contributed by atoms with E-state index < -0.39 is 9.84 Å². The van der Waals surface area contributed by atoms with Crippen LogP contribution in [0.3, 0.4) is 0 Å².